The summed E-state index contributed by atoms with van der Waals surface area (Å²) in [5.41, 5.74) is 1.70. The van der Waals surface area contributed by atoms with E-state index in [0.717, 1.165) is 6.42 Å². The lowest BCUT2D eigenvalue weighted by molar-refractivity contribution is -0.118. The maximum atomic E-state index is 11.7. The Morgan fingerprint density at radius 1 is 1.30 bits per heavy atom. The number of aryl methyl sites for hydroxylation is 1. The van der Waals surface area contributed by atoms with Crippen LogP contribution < -0.4 is 10.1 Å². The molecule has 0 atom stereocenters. The number of hydrogen-bond donors (Lipinski definition) is 1. The second kappa shape index (κ2) is 6.91. The predicted molar refractivity (Wildman–Crippen MR) is 79.2 cm³/mol. The molecule has 1 amide bonds. The van der Waals surface area contributed by atoms with Gasteiger partial charge in [-0.3, -0.25) is 4.79 Å². The molecule has 0 aliphatic carbocycles. The van der Waals surface area contributed by atoms with Crippen LogP contribution in [0.1, 0.15) is 12.5 Å². The molecule has 0 unspecified atom stereocenters. The van der Waals surface area contributed by atoms with Crippen LogP contribution in [0.15, 0.2) is 42.6 Å². The Morgan fingerprint density at radius 2 is 2.05 bits per heavy atom. The number of pyridine rings is 1. The van der Waals surface area contributed by atoms with Crippen molar-refractivity contribution in [1.82, 2.24) is 4.98 Å². The Labute approximate surface area is 122 Å². The van der Waals surface area contributed by atoms with Crippen molar-refractivity contribution in [2.45, 2.75) is 13.3 Å². The minimum Gasteiger partial charge on any atom is -0.484 e. The molecule has 5 heteroatoms. The first kappa shape index (κ1) is 14.3. The Balaban J connectivity index is 1.87. The van der Waals surface area contributed by atoms with E-state index in [1.165, 1.54) is 5.56 Å². The van der Waals surface area contributed by atoms with E-state index in [9.17, 15) is 4.79 Å². The number of nitrogens with one attached hydrogen (secondary N) is 1. The van der Waals surface area contributed by atoms with Crippen LogP contribution >= 0.6 is 11.6 Å². The van der Waals surface area contributed by atoms with Gasteiger partial charge in [0.25, 0.3) is 5.91 Å². The number of nitrogens with zero attached hydrogens (tertiary/aromatic N) is 1. The van der Waals surface area contributed by atoms with Gasteiger partial charge in [-0.25, -0.2) is 4.98 Å². The number of rotatable bonds is 5. The summed E-state index contributed by atoms with van der Waals surface area (Å²) >= 11 is 5.85. The molecule has 0 spiro atoms. The first-order chi connectivity index (χ1) is 9.69. The fourth-order valence-corrected chi connectivity index (χ4v) is 1.80. The molecule has 0 aliphatic heterocycles. The quantitative estimate of drug-likeness (QED) is 0.860. The molecule has 20 heavy (non-hydrogen) atoms. The second-order valence-corrected chi connectivity index (χ2v) is 4.53. The summed E-state index contributed by atoms with van der Waals surface area (Å²) in [7, 11) is 0. The minimum absolute atomic E-state index is 0.0727. The van der Waals surface area contributed by atoms with Crippen LogP contribution in [-0.2, 0) is 11.2 Å². The Morgan fingerprint density at radius 3 is 2.70 bits per heavy atom. The summed E-state index contributed by atoms with van der Waals surface area (Å²) < 4.78 is 5.40. The molecular weight excluding hydrogens is 276 g/mol. The third-order valence-corrected chi connectivity index (χ3v) is 3.04. The molecule has 2 rings (SSSR count). The van der Waals surface area contributed by atoms with Crippen molar-refractivity contribution in [3.05, 3.63) is 53.3 Å². The Bertz CT molecular complexity index is 585. The fourth-order valence-electron chi connectivity index (χ4n) is 1.64. The maximum Gasteiger partial charge on any atom is 0.262 e. The lowest BCUT2D eigenvalue weighted by Crippen LogP contribution is -2.20. The van der Waals surface area contributed by atoms with Crippen molar-refractivity contribution in [3.8, 4) is 5.75 Å². The summed E-state index contributed by atoms with van der Waals surface area (Å²) in [4.78, 5) is 15.6. The molecule has 2 aromatic rings. The number of amides is 1. The highest BCUT2D eigenvalue weighted by Crippen LogP contribution is 2.17. The van der Waals surface area contributed by atoms with E-state index >= 15 is 0 Å². The van der Waals surface area contributed by atoms with Gasteiger partial charge < -0.3 is 10.1 Å². The van der Waals surface area contributed by atoms with Crippen LogP contribution in [0, 0.1) is 0 Å². The topological polar surface area (TPSA) is 51.2 Å². The van der Waals surface area contributed by atoms with Gasteiger partial charge >= 0.3 is 0 Å². The molecule has 1 N–H and O–H groups in total. The molecule has 0 aliphatic rings. The zero-order valence-electron chi connectivity index (χ0n) is 11.1. The Kier molecular flexibility index (Phi) is 4.96. The molecule has 1 aromatic heterocycles. The third kappa shape index (κ3) is 3.96. The van der Waals surface area contributed by atoms with E-state index in [2.05, 4.69) is 17.2 Å². The third-order valence-electron chi connectivity index (χ3n) is 2.73. The van der Waals surface area contributed by atoms with E-state index in [4.69, 9.17) is 16.3 Å². The number of aromatic nitrogens is 1. The smallest absolute Gasteiger partial charge is 0.262 e. The average Bonchev–Trinajstić information content (AvgIpc) is 2.48. The van der Waals surface area contributed by atoms with Crippen LogP contribution in [0.3, 0.4) is 0 Å². The second-order valence-electron chi connectivity index (χ2n) is 4.18. The minimum atomic E-state index is -0.278. The fraction of sp³-hybridized carbons (Fsp3) is 0.200. The van der Waals surface area contributed by atoms with Gasteiger partial charge in [0.05, 0.1) is 5.69 Å². The van der Waals surface area contributed by atoms with E-state index < -0.39 is 0 Å². The number of ether oxygens (including phenoxy) is 1. The highest BCUT2D eigenvalue weighted by molar-refractivity contribution is 6.32. The number of carbonyl (C=O) groups excluding carboxylic acids is 1. The van der Waals surface area contributed by atoms with Gasteiger partial charge in [-0.15, -0.1) is 0 Å². The Hall–Kier alpha value is -2.07. The van der Waals surface area contributed by atoms with Crippen molar-refractivity contribution in [3.63, 3.8) is 0 Å². The average molecular weight is 291 g/mol. The molecule has 0 saturated carbocycles. The molecule has 1 heterocycles. The van der Waals surface area contributed by atoms with Crippen LogP contribution in [0.4, 0.5) is 5.69 Å². The number of hydrogen-bond acceptors (Lipinski definition) is 3. The zero-order valence-corrected chi connectivity index (χ0v) is 11.9. The molecule has 1 aromatic carbocycles. The van der Waals surface area contributed by atoms with Gasteiger partial charge in [0, 0.05) is 6.20 Å². The van der Waals surface area contributed by atoms with E-state index in [-0.39, 0.29) is 17.7 Å². The zero-order chi connectivity index (χ0) is 14.4. The summed E-state index contributed by atoms with van der Waals surface area (Å²) in [5.74, 6) is 0.383. The van der Waals surface area contributed by atoms with Crippen molar-refractivity contribution < 1.29 is 9.53 Å². The van der Waals surface area contributed by atoms with E-state index in [1.54, 1.807) is 18.3 Å². The van der Waals surface area contributed by atoms with Crippen LogP contribution in [0.2, 0.25) is 5.15 Å². The van der Waals surface area contributed by atoms with Crippen LogP contribution in [0.25, 0.3) is 0 Å². The first-order valence-electron chi connectivity index (χ1n) is 6.31. The largest absolute Gasteiger partial charge is 0.484 e. The highest BCUT2D eigenvalue weighted by Gasteiger charge is 2.06. The van der Waals surface area contributed by atoms with E-state index in [1.807, 2.05) is 24.3 Å². The van der Waals surface area contributed by atoms with Gasteiger partial charge in [0.15, 0.2) is 11.8 Å². The van der Waals surface area contributed by atoms with E-state index in [0.29, 0.717) is 11.4 Å². The van der Waals surface area contributed by atoms with Crippen molar-refractivity contribution in [1.29, 1.82) is 0 Å². The highest BCUT2D eigenvalue weighted by atomic mass is 35.5. The van der Waals surface area contributed by atoms with Crippen molar-refractivity contribution >= 4 is 23.2 Å². The molecule has 0 bridgehead atoms. The molecule has 4 nitrogen and oxygen atoms in total. The van der Waals surface area contributed by atoms with Crippen molar-refractivity contribution in [2.75, 3.05) is 11.9 Å². The summed E-state index contributed by atoms with van der Waals surface area (Å²) in [6.45, 7) is 2.01. The summed E-state index contributed by atoms with van der Waals surface area (Å²) in [6, 6.07) is 11.0. The van der Waals surface area contributed by atoms with Crippen molar-refractivity contribution in [2.24, 2.45) is 0 Å². The summed E-state index contributed by atoms with van der Waals surface area (Å²) in [5, 5.41) is 2.90. The number of benzene rings is 1. The standard InChI is InChI=1S/C15H15ClN2O2/c1-2-11-5-7-12(8-6-11)20-10-14(19)18-13-4-3-9-17-15(13)16/h3-9H,2,10H2,1H3,(H,18,19). The molecule has 0 saturated heterocycles. The molecule has 104 valence electrons. The van der Waals surface area contributed by atoms with Crippen LogP contribution in [-0.4, -0.2) is 17.5 Å². The van der Waals surface area contributed by atoms with Gasteiger partial charge in [0.2, 0.25) is 0 Å². The van der Waals surface area contributed by atoms with Gasteiger partial charge in [-0.2, -0.15) is 0 Å². The van der Waals surface area contributed by atoms with Crippen LogP contribution in [0.5, 0.6) is 5.75 Å². The first-order valence-corrected chi connectivity index (χ1v) is 6.69. The summed E-state index contributed by atoms with van der Waals surface area (Å²) in [6.07, 6.45) is 2.53. The molecule has 0 fully saturated rings. The van der Waals surface area contributed by atoms with Gasteiger partial charge in [-0.05, 0) is 36.2 Å². The number of carbonyl (C=O) groups is 1. The molecular formula is C15H15ClN2O2. The number of anilines is 1. The maximum absolute atomic E-state index is 11.7. The predicted octanol–water partition coefficient (Wildman–Crippen LogP) is 3.31. The monoisotopic (exact) mass is 290 g/mol. The SMILES string of the molecule is CCc1ccc(OCC(=O)Nc2cccnc2Cl)cc1. The number of halogens is 1. The van der Waals surface area contributed by atoms with Gasteiger partial charge in [-0.1, -0.05) is 30.7 Å². The van der Waals surface area contributed by atoms with Gasteiger partial charge in [0.1, 0.15) is 5.75 Å². The lowest BCUT2D eigenvalue weighted by Gasteiger charge is -2.08. The lowest BCUT2D eigenvalue weighted by atomic mass is 10.2. The molecule has 0 radical (unpaired) electrons. The normalized spacial score (nSPS) is 10.1.